The molecule has 0 aromatic heterocycles. The van der Waals surface area contributed by atoms with Crippen LogP contribution in [-0.4, -0.2) is 17.3 Å². The fourth-order valence-corrected chi connectivity index (χ4v) is 2.78. The van der Waals surface area contributed by atoms with Crippen molar-refractivity contribution in [1.82, 2.24) is 0 Å². The lowest BCUT2D eigenvalue weighted by molar-refractivity contribution is -0.144. The molecule has 0 bridgehead atoms. The average Bonchev–Trinajstić information content (AvgIpc) is 2.74. The van der Waals surface area contributed by atoms with Gasteiger partial charge in [0.15, 0.2) is 0 Å². The molecule has 0 heterocycles. The number of esters is 2. The highest BCUT2D eigenvalue weighted by Gasteiger charge is 2.17. The van der Waals surface area contributed by atoms with E-state index in [0.29, 0.717) is 11.3 Å². The van der Waals surface area contributed by atoms with Crippen molar-refractivity contribution >= 4 is 23.5 Å². The third kappa shape index (κ3) is 5.93. The van der Waals surface area contributed by atoms with Crippen LogP contribution in [-0.2, 0) is 27.4 Å². The zero-order valence-corrected chi connectivity index (χ0v) is 16.8. The lowest BCUT2D eigenvalue weighted by Gasteiger charge is -2.13. The molecule has 5 heteroatoms. The van der Waals surface area contributed by atoms with Crippen molar-refractivity contribution in [3.63, 3.8) is 0 Å². The third-order valence-corrected chi connectivity index (χ3v) is 4.47. The molecule has 148 valence electrons. The molecule has 1 unspecified atom stereocenters. The Balaban J connectivity index is 1.78. The molecule has 3 aromatic carbocycles. The first-order chi connectivity index (χ1) is 14.0. The predicted octanol–water partition coefficient (Wildman–Crippen LogP) is 5.17. The summed E-state index contributed by atoms with van der Waals surface area (Å²) in [5.74, 6) is -0.672. The second kappa shape index (κ2) is 9.89. The smallest absolute Gasteiger partial charge is 0.329 e. The van der Waals surface area contributed by atoms with E-state index in [1.165, 1.54) is 0 Å². The quantitative estimate of drug-likeness (QED) is 0.307. The Hall–Kier alpha value is -3.11. The number of benzene rings is 3. The van der Waals surface area contributed by atoms with Gasteiger partial charge in [0.25, 0.3) is 0 Å². The van der Waals surface area contributed by atoms with E-state index in [1.807, 2.05) is 66.7 Å². The molecule has 0 saturated heterocycles. The summed E-state index contributed by atoms with van der Waals surface area (Å²) < 4.78 is 10.8. The van der Waals surface area contributed by atoms with Crippen molar-refractivity contribution in [2.24, 2.45) is 0 Å². The van der Waals surface area contributed by atoms with Gasteiger partial charge in [-0.15, -0.1) is 11.6 Å². The molecule has 0 fully saturated rings. The predicted molar refractivity (Wildman–Crippen MR) is 113 cm³/mol. The normalized spacial score (nSPS) is 11.5. The van der Waals surface area contributed by atoms with Gasteiger partial charge in [0.1, 0.15) is 17.7 Å². The summed E-state index contributed by atoms with van der Waals surface area (Å²) in [6, 6.07) is 24.5. The van der Waals surface area contributed by atoms with Gasteiger partial charge in [-0.05, 0) is 29.7 Å². The SMILES string of the molecule is CC(Cl)C(=O)Oc1cc(-c2ccccc2)ccc1CC(=O)OCc1ccccc1. The number of carbonyl (C=O) groups excluding carboxylic acids is 2. The highest BCUT2D eigenvalue weighted by molar-refractivity contribution is 6.29. The molecule has 29 heavy (non-hydrogen) atoms. The first kappa shape index (κ1) is 20.6. The summed E-state index contributed by atoms with van der Waals surface area (Å²) >= 11 is 5.84. The zero-order valence-electron chi connectivity index (χ0n) is 16.0. The van der Waals surface area contributed by atoms with Gasteiger partial charge in [-0.25, -0.2) is 0 Å². The van der Waals surface area contributed by atoms with Gasteiger partial charge in [-0.3, -0.25) is 9.59 Å². The Morgan fingerprint density at radius 3 is 2.21 bits per heavy atom. The second-order valence-corrected chi connectivity index (χ2v) is 7.20. The molecule has 4 nitrogen and oxygen atoms in total. The van der Waals surface area contributed by atoms with Gasteiger partial charge < -0.3 is 9.47 Å². The maximum Gasteiger partial charge on any atom is 0.329 e. The molecule has 0 N–H and O–H groups in total. The first-order valence-corrected chi connectivity index (χ1v) is 9.70. The Labute approximate surface area is 175 Å². The zero-order chi connectivity index (χ0) is 20.6. The fraction of sp³-hybridized carbons (Fsp3) is 0.167. The summed E-state index contributed by atoms with van der Waals surface area (Å²) in [7, 11) is 0. The van der Waals surface area contributed by atoms with Crippen molar-refractivity contribution < 1.29 is 19.1 Å². The van der Waals surface area contributed by atoms with Crippen LogP contribution < -0.4 is 4.74 Å². The molecule has 0 aliphatic carbocycles. The van der Waals surface area contributed by atoms with Gasteiger partial charge in [0, 0.05) is 5.56 Å². The molecule has 3 aromatic rings. The van der Waals surface area contributed by atoms with E-state index in [4.69, 9.17) is 21.1 Å². The van der Waals surface area contributed by atoms with E-state index in [0.717, 1.165) is 16.7 Å². The molecule has 0 radical (unpaired) electrons. The van der Waals surface area contributed by atoms with Crippen molar-refractivity contribution in [2.75, 3.05) is 0 Å². The monoisotopic (exact) mass is 408 g/mol. The first-order valence-electron chi connectivity index (χ1n) is 9.26. The average molecular weight is 409 g/mol. The van der Waals surface area contributed by atoms with Crippen LogP contribution in [0.3, 0.4) is 0 Å². The minimum atomic E-state index is -0.798. The van der Waals surface area contributed by atoms with E-state index < -0.39 is 17.3 Å². The van der Waals surface area contributed by atoms with Crippen molar-refractivity contribution in [3.8, 4) is 16.9 Å². The Morgan fingerprint density at radius 2 is 1.55 bits per heavy atom. The minimum Gasteiger partial charge on any atom is -0.461 e. The Morgan fingerprint density at radius 1 is 0.897 bits per heavy atom. The fourth-order valence-electron chi connectivity index (χ4n) is 2.74. The highest BCUT2D eigenvalue weighted by Crippen LogP contribution is 2.28. The van der Waals surface area contributed by atoms with Crippen LogP contribution in [0.4, 0.5) is 0 Å². The number of ether oxygens (including phenoxy) is 2. The van der Waals surface area contributed by atoms with Crippen molar-refractivity contribution in [1.29, 1.82) is 0 Å². The van der Waals surface area contributed by atoms with Crippen LogP contribution >= 0.6 is 11.6 Å². The lowest BCUT2D eigenvalue weighted by atomic mass is 10.0. The van der Waals surface area contributed by atoms with Crippen molar-refractivity contribution in [3.05, 3.63) is 90.0 Å². The summed E-state index contributed by atoms with van der Waals surface area (Å²) in [5, 5.41) is -0.798. The summed E-state index contributed by atoms with van der Waals surface area (Å²) in [6.07, 6.45) is -0.0127. The molecule has 0 aliphatic rings. The van der Waals surface area contributed by atoms with E-state index in [-0.39, 0.29) is 13.0 Å². The summed E-state index contributed by atoms with van der Waals surface area (Å²) in [5.41, 5.74) is 3.32. The van der Waals surface area contributed by atoms with Gasteiger partial charge in [-0.1, -0.05) is 72.8 Å². The van der Waals surface area contributed by atoms with Crippen LogP contribution in [0.2, 0.25) is 0 Å². The summed E-state index contributed by atoms with van der Waals surface area (Å²) in [4.78, 5) is 24.4. The van der Waals surface area contributed by atoms with Gasteiger partial charge >= 0.3 is 11.9 Å². The molecule has 0 spiro atoms. The number of carbonyl (C=O) groups is 2. The maximum absolute atomic E-state index is 12.3. The molecule has 0 saturated carbocycles. The van der Waals surface area contributed by atoms with Crippen LogP contribution in [0, 0.1) is 0 Å². The topological polar surface area (TPSA) is 52.6 Å². The Kier molecular flexibility index (Phi) is 7.04. The number of hydrogen-bond donors (Lipinski definition) is 0. The number of hydrogen-bond acceptors (Lipinski definition) is 4. The minimum absolute atomic E-state index is 0.0127. The van der Waals surface area contributed by atoms with Gasteiger partial charge in [-0.2, -0.15) is 0 Å². The van der Waals surface area contributed by atoms with Crippen LogP contribution in [0.1, 0.15) is 18.1 Å². The number of alkyl halides is 1. The molecular weight excluding hydrogens is 388 g/mol. The van der Waals surface area contributed by atoms with E-state index in [9.17, 15) is 9.59 Å². The van der Waals surface area contributed by atoms with Gasteiger partial charge in [0.05, 0.1) is 6.42 Å². The van der Waals surface area contributed by atoms with Crippen LogP contribution in [0.15, 0.2) is 78.9 Å². The largest absolute Gasteiger partial charge is 0.461 e. The Bertz CT molecular complexity index is 969. The molecule has 3 rings (SSSR count). The van der Waals surface area contributed by atoms with Crippen LogP contribution in [0.25, 0.3) is 11.1 Å². The van der Waals surface area contributed by atoms with Crippen LogP contribution in [0.5, 0.6) is 5.75 Å². The number of halogens is 1. The molecular formula is C24H21ClO4. The molecule has 0 aliphatic heterocycles. The molecule has 1 atom stereocenters. The van der Waals surface area contributed by atoms with Crippen molar-refractivity contribution in [2.45, 2.75) is 25.3 Å². The third-order valence-electron chi connectivity index (χ3n) is 4.29. The standard InChI is InChI=1S/C24H21ClO4/c1-17(25)24(27)29-22-14-20(19-10-6-3-7-11-19)12-13-21(22)15-23(26)28-16-18-8-4-2-5-9-18/h2-14,17H,15-16H2,1H3. The highest BCUT2D eigenvalue weighted by atomic mass is 35.5. The number of rotatable bonds is 7. The molecule has 0 amide bonds. The van der Waals surface area contributed by atoms with Gasteiger partial charge in [0.2, 0.25) is 0 Å². The maximum atomic E-state index is 12.3. The summed E-state index contributed by atoms with van der Waals surface area (Å²) in [6.45, 7) is 1.73. The second-order valence-electron chi connectivity index (χ2n) is 6.55. The lowest BCUT2D eigenvalue weighted by Crippen LogP contribution is -2.19. The van der Waals surface area contributed by atoms with E-state index >= 15 is 0 Å². The van der Waals surface area contributed by atoms with E-state index in [2.05, 4.69) is 0 Å². The van der Waals surface area contributed by atoms with E-state index in [1.54, 1.807) is 19.1 Å².